The van der Waals surface area contributed by atoms with Crippen molar-refractivity contribution in [3.63, 3.8) is 0 Å². The lowest BCUT2D eigenvalue weighted by Crippen LogP contribution is -2.45. The normalized spacial score (nSPS) is 18.4. The van der Waals surface area contributed by atoms with Crippen molar-refractivity contribution in [1.29, 1.82) is 0 Å². The highest BCUT2D eigenvalue weighted by Gasteiger charge is 2.14. The lowest BCUT2D eigenvalue weighted by Gasteiger charge is -2.22. The first-order valence-electron chi connectivity index (χ1n) is 6.19. The third-order valence-electron chi connectivity index (χ3n) is 2.61. The molecule has 0 aromatic rings. The first-order valence-corrected chi connectivity index (χ1v) is 6.19. The van der Waals surface area contributed by atoms with Gasteiger partial charge in [0.25, 0.3) is 0 Å². The molecule has 1 rings (SSSR count). The number of urea groups is 1. The summed E-state index contributed by atoms with van der Waals surface area (Å²) >= 11 is 0. The van der Waals surface area contributed by atoms with Crippen LogP contribution in [0.25, 0.3) is 0 Å². The largest absolute Gasteiger partial charge is 0.480 e. The summed E-state index contributed by atoms with van der Waals surface area (Å²) in [5.41, 5.74) is 0. The van der Waals surface area contributed by atoms with Crippen molar-refractivity contribution in [3.05, 3.63) is 0 Å². The molecule has 108 valence electrons. The Bertz CT molecular complexity index is 328. The average molecular weight is 273 g/mol. The van der Waals surface area contributed by atoms with Crippen LogP contribution in [-0.2, 0) is 14.3 Å². The molecule has 0 aliphatic carbocycles. The van der Waals surface area contributed by atoms with E-state index in [1.165, 1.54) is 0 Å². The number of carbonyl (C=O) groups excluding carboxylic acids is 2. The number of nitrogens with one attached hydrogen (secondary N) is 3. The van der Waals surface area contributed by atoms with Gasteiger partial charge in [0.1, 0.15) is 6.54 Å². The summed E-state index contributed by atoms with van der Waals surface area (Å²) in [5.74, 6) is -1.68. The number of carboxylic acids is 1. The molecule has 4 N–H and O–H groups in total. The Morgan fingerprint density at radius 2 is 1.89 bits per heavy atom. The fraction of sp³-hybridized carbons (Fsp3) is 0.727. The molecular weight excluding hydrogens is 254 g/mol. The van der Waals surface area contributed by atoms with E-state index in [9.17, 15) is 14.4 Å². The Morgan fingerprint density at radius 3 is 2.53 bits per heavy atom. The van der Waals surface area contributed by atoms with Gasteiger partial charge in [-0.1, -0.05) is 0 Å². The van der Waals surface area contributed by atoms with Crippen LogP contribution in [0.15, 0.2) is 0 Å². The van der Waals surface area contributed by atoms with E-state index in [0.717, 1.165) is 19.3 Å². The molecule has 8 heteroatoms. The van der Waals surface area contributed by atoms with Crippen LogP contribution in [0, 0.1) is 0 Å². The minimum absolute atomic E-state index is 0.0281. The summed E-state index contributed by atoms with van der Waals surface area (Å²) < 4.78 is 5.43. The number of aliphatic carboxylic acids is 1. The highest BCUT2D eigenvalue weighted by atomic mass is 16.5. The molecule has 8 nitrogen and oxygen atoms in total. The van der Waals surface area contributed by atoms with Crippen molar-refractivity contribution < 1.29 is 24.2 Å². The molecule has 0 aromatic heterocycles. The monoisotopic (exact) mass is 273 g/mol. The van der Waals surface area contributed by atoms with Gasteiger partial charge in [-0.15, -0.1) is 0 Å². The van der Waals surface area contributed by atoms with Gasteiger partial charge < -0.3 is 25.8 Å². The molecule has 1 heterocycles. The zero-order chi connectivity index (χ0) is 14.1. The number of amides is 3. The molecule has 1 aliphatic rings. The molecular formula is C11H19N3O5. The number of hydrogen-bond acceptors (Lipinski definition) is 4. The van der Waals surface area contributed by atoms with E-state index in [-0.39, 0.29) is 12.6 Å². The van der Waals surface area contributed by atoms with Crippen LogP contribution in [-0.4, -0.2) is 55.4 Å². The van der Waals surface area contributed by atoms with Crippen molar-refractivity contribution in [2.45, 2.75) is 25.4 Å². The predicted octanol–water partition coefficient (Wildman–Crippen LogP) is -0.944. The van der Waals surface area contributed by atoms with E-state index in [2.05, 4.69) is 16.0 Å². The van der Waals surface area contributed by atoms with Gasteiger partial charge in [-0.2, -0.15) is 0 Å². The smallest absolute Gasteiger partial charge is 0.322 e. The fourth-order valence-corrected chi connectivity index (χ4v) is 1.63. The Balaban J connectivity index is 2.06. The lowest BCUT2D eigenvalue weighted by atomic mass is 10.1. The second-order valence-corrected chi connectivity index (χ2v) is 4.22. The molecule has 1 saturated heterocycles. The van der Waals surface area contributed by atoms with Gasteiger partial charge in [0.05, 0.1) is 12.6 Å². The molecule has 0 saturated carbocycles. The van der Waals surface area contributed by atoms with E-state index < -0.39 is 24.5 Å². The minimum atomic E-state index is -1.13. The second kappa shape index (κ2) is 8.30. The Hall–Kier alpha value is -1.83. The summed E-state index contributed by atoms with van der Waals surface area (Å²) in [7, 11) is 0. The van der Waals surface area contributed by atoms with E-state index in [4.69, 9.17) is 9.84 Å². The quantitative estimate of drug-likeness (QED) is 0.498. The lowest BCUT2D eigenvalue weighted by molar-refractivity contribution is -0.137. The van der Waals surface area contributed by atoms with Gasteiger partial charge in [0, 0.05) is 13.2 Å². The van der Waals surface area contributed by atoms with E-state index in [1.54, 1.807) is 0 Å². The number of rotatable bonds is 6. The summed E-state index contributed by atoms with van der Waals surface area (Å²) in [6.07, 6.45) is 3.08. The highest BCUT2D eigenvalue weighted by Crippen LogP contribution is 2.11. The molecule has 1 aliphatic heterocycles. The van der Waals surface area contributed by atoms with Crippen molar-refractivity contribution in [1.82, 2.24) is 16.0 Å². The van der Waals surface area contributed by atoms with Crippen molar-refractivity contribution in [3.8, 4) is 0 Å². The molecule has 3 amide bonds. The van der Waals surface area contributed by atoms with Gasteiger partial charge in [-0.3, -0.25) is 9.59 Å². The summed E-state index contributed by atoms with van der Waals surface area (Å²) in [6.45, 7) is 0.400. The van der Waals surface area contributed by atoms with E-state index in [0.29, 0.717) is 13.2 Å². The number of hydrogen-bond donors (Lipinski definition) is 4. The van der Waals surface area contributed by atoms with E-state index >= 15 is 0 Å². The Kier molecular flexibility index (Phi) is 6.65. The molecule has 0 bridgehead atoms. The molecule has 0 radical (unpaired) electrons. The summed E-state index contributed by atoms with van der Waals surface area (Å²) in [5, 5.41) is 15.4. The molecule has 1 atom stereocenters. The first-order chi connectivity index (χ1) is 9.08. The maximum absolute atomic E-state index is 11.4. The minimum Gasteiger partial charge on any atom is -0.480 e. The van der Waals surface area contributed by atoms with Crippen molar-refractivity contribution >= 4 is 17.9 Å². The Labute approximate surface area is 110 Å². The van der Waals surface area contributed by atoms with Crippen LogP contribution in [0.5, 0.6) is 0 Å². The third kappa shape index (κ3) is 7.24. The van der Waals surface area contributed by atoms with Gasteiger partial charge >= 0.3 is 12.0 Å². The molecule has 0 aromatic carbocycles. The fourth-order valence-electron chi connectivity index (χ4n) is 1.63. The molecule has 1 unspecified atom stereocenters. The van der Waals surface area contributed by atoms with Crippen molar-refractivity contribution in [2.75, 3.05) is 26.2 Å². The van der Waals surface area contributed by atoms with Crippen LogP contribution in [0.4, 0.5) is 4.79 Å². The molecule has 19 heavy (non-hydrogen) atoms. The van der Waals surface area contributed by atoms with Crippen LogP contribution >= 0.6 is 0 Å². The van der Waals surface area contributed by atoms with Gasteiger partial charge in [0.15, 0.2) is 0 Å². The zero-order valence-corrected chi connectivity index (χ0v) is 10.6. The highest BCUT2D eigenvalue weighted by molar-refractivity contribution is 5.86. The SMILES string of the molecule is O=C(O)CNC(=O)CNC(=O)NCC1CCCCO1. The van der Waals surface area contributed by atoms with Gasteiger partial charge in [0.2, 0.25) is 5.91 Å². The van der Waals surface area contributed by atoms with Gasteiger partial charge in [-0.25, -0.2) is 4.79 Å². The van der Waals surface area contributed by atoms with Crippen molar-refractivity contribution in [2.24, 2.45) is 0 Å². The van der Waals surface area contributed by atoms with E-state index in [1.807, 2.05) is 0 Å². The van der Waals surface area contributed by atoms with Crippen LogP contribution < -0.4 is 16.0 Å². The van der Waals surface area contributed by atoms with Crippen LogP contribution in [0.1, 0.15) is 19.3 Å². The standard InChI is InChI=1S/C11H19N3O5/c15-9(12-7-10(16)17)6-14-11(18)13-5-8-3-1-2-4-19-8/h8H,1-7H2,(H,12,15)(H,16,17)(H2,13,14,18). The predicted molar refractivity (Wildman–Crippen MR) is 65.6 cm³/mol. The summed E-state index contributed by atoms with van der Waals surface area (Å²) in [4.78, 5) is 32.7. The molecule has 0 spiro atoms. The van der Waals surface area contributed by atoms with Crippen LogP contribution in [0.3, 0.4) is 0 Å². The van der Waals surface area contributed by atoms with Crippen LogP contribution in [0.2, 0.25) is 0 Å². The maximum Gasteiger partial charge on any atom is 0.322 e. The third-order valence-corrected chi connectivity index (χ3v) is 2.61. The maximum atomic E-state index is 11.4. The molecule has 1 fully saturated rings. The number of carbonyl (C=O) groups is 3. The first kappa shape index (κ1) is 15.2. The number of ether oxygens (including phenoxy) is 1. The van der Waals surface area contributed by atoms with Gasteiger partial charge in [-0.05, 0) is 19.3 Å². The number of carboxylic acid groups (broad SMARTS) is 1. The average Bonchev–Trinajstić information content (AvgIpc) is 2.41. The second-order valence-electron chi connectivity index (χ2n) is 4.22. The Morgan fingerprint density at radius 1 is 1.11 bits per heavy atom. The zero-order valence-electron chi connectivity index (χ0n) is 10.6. The topological polar surface area (TPSA) is 117 Å². The summed E-state index contributed by atoms with van der Waals surface area (Å²) in [6, 6.07) is -0.473.